The van der Waals surface area contributed by atoms with E-state index in [0.29, 0.717) is 0 Å². The Kier molecular flexibility index (Phi) is 4.78. The molecule has 2 rings (SSSR count). The Morgan fingerprint density at radius 1 is 1.00 bits per heavy atom. The van der Waals surface area contributed by atoms with Gasteiger partial charge < -0.3 is 5.32 Å². The van der Waals surface area contributed by atoms with Crippen LogP contribution in [0, 0.1) is 0 Å². The first kappa shape index (κ1) is 13.9. The summed E-state index contributed by atoms with van der Waals surface area (Å²) in [7, 11) is 0. The van der Waals surface area contributed by atoms with Crippen molar-refractivity contribution in [2.75, 3.05) is 11.9 Å². The van der Waals surface area contributed by atoms with Crippen molar-refractivity contribution >= 4 is 16.7 Å². The topological polar surface area (TPSA) is 24.9 Å². The lowest BCUT2D eigenvalue weighted by Gasteiger charge is -2.13. The van der Waals surface area contributed by atoms with E-state index in [9.17, 15) is 0 Å². The molecule has 0 spiro atoms. The Labute approximate surface area is 116 Å². The summed E-state index contributed by atoms with van der Waals surface area (Å²) in [5, 5.41) is 4.69. The van der Waals surface area contributed by atoms with Crippen LogP contribution in [0.5, 0.6) is 0 Å². The number of para-hydroxylation sites is 1. The average Bonchev–Trinajstić information content (AvgIpc) is 2.41. The third-order valence-electron chi connectivity index (χ3n) is 3.39. The van der Waals surface area contributed by atoms with Gasteiger partial charge >= 0.3 is 0 Å². The molecule has 0 atom stereocenters. The minimum Gasteiger partial charge on any atom is -0.370 e. The molecule has 2 nitrogen and oxygen atoms in total. The lowest BCUT2D eigenvalue weighted by atomic mass is 10.0. The van der Waals surface area contributed by atoms with E-state index >= 15 is 0 Å². The molecule has 19 heavy (non-hydrogen) atoms. The van der Waals surface area contributed by atoms with Gasteiger partial charge in [-0.3, -0.25) is 0 Å². The zero-order valence-corrected chi connectivity index (χ0v) is 12.3. The van der Waals surface area contributed by atoms with E-state index in [1.807, 2.05) is 0 Å². The number of hydrogen-bond acceptors (Lipinski definition) is 2. The Hall–Kier alpha value is -1.57. The van der Waals surface area contributed by atoms with Gasteiger partial charge in [-0.05, 0) is 37.0 Å². The minimum absolute atomic E-state index is 0.922. The summed E-state index contributed by atoms with van der Waals surface area (Å²) in [5.74, 6) is 1.07. The zero-order valence-electron chi connectivity index (χ0n) is 12.3. The second-order valence-electron chi connectivity index (χ2n) is 5.02. The van der Waals surface area contributed by atoms with Gasteiger partial charge in [0, 0.05) is 11.9 Å². The fourth-order valence-corrected chi connectivity index (χ4v) is 2.56. The monoisotopic (exact) mass is 256 g/mol. The zero-order chi connectivity index (χ0) is 13.7. The quantitative estimate of drug-likeness (QED) is 0.818. The second kappa shape index (κ2) is 6.55. The van der Waals surface area contributed by atoms with E-state index in [4.69, 9.17) is 4.98 Å². The third kappa shape index (κ3) is 3.06. The van der Waals surface area contributed by atoms with Crippen LogP contribution in [0.15, 0.2) is 24.3 Å². The largest absolute Gasteiger partial charge is 0.370 e. The molecule has 0 aliphatic heterocycles. The van der Waals surface area contributed by atoms with Crippen LogP contribution in [0.25, 0.3) is 10.9 Å². The standard InChI is InChI=1S/C17H24N2/c1-4-8-13-10-7-11-14-12-15(9-5-2)17(18-6-3)19-16(13)14/h7,10-12H,4-6,8-9H2,1-3H3,(H,18,19). The van der Waals surface area contributed by atoms with Gasteiger partial charge in [-0.15, -0.1) is 0 Å². The van der Waals surface area contributed by atoms with Gasteiger partial charge in [0.05, 0.1) is 5.52 Å². The smallest absolute Gasteiger partial charge is 0.129 e. The second-order valence-corrected chi connectivity index (χ2v) is 5.02. The van der Waals surface area contributed by atoms with Crippen molar-refractivity contribution in [3.63, 3.8) is 0 Å². The Morgan fingerprint density at radius 3 is 2.42 bits per heavy atom. The summed E-state index contributed by atoms with van der Waals surface area (Å²) < 4.78 is 0. The fraction of sp³-hybridized carbons (Fsp3) is 0.471. The van der Waals surface area contributed by atoms with E-state index in [-0.39, 0.29) is 0 Å². The summed E-state index contributed by atoms with van der Waals surface area (Å²) in [5.41, 5.74) is 3.87. The van der Waals surface area contributed by atoms with Crippen LogP contribution < -0.4 is 5.32 Å². The molecule has 0 saturated carbocycles. The lowest BCUT2D eigenvalue weighted by Crippen LogP contribution is -2.04. The van der Waals surface area contributed by atoms with Crippen LogP contribution in [0.4, 0.5) is 5.82 Å². The van der Waals surface area contributed by atoms with E-state index in [1.165, 1.54) is 22.0 Å². The van der Waals surface area contributed by atoms with Gasteiger partial charge in [0.15, 0.2) is 0 Å². The molecule has 0 unspecified atom stereocenters. The lowest BCUT2D eigenvalue weighted by molar-refractivity contribution is 0.911. The molecule has 0 bridgehead atoms. The number of nitrogens with zero attached hydrogens (tertiary/aromatic N) is 1. The predicted molar refractivity (Wildman–Crippen MR) is 83.9 cm³/mol. The van der Waals surface area contributed by atoms with Crippen molar-refractivity contribution in [2.45, 2.75) is 46.5 Å². The Bertz CT molecular complexity index is 546. The van der Waals surface area contributed by atoms with Crippen molar-refractivity contribution in [3.8, 4) is 0 Å². The van der Waals surface area contributed by atoms with Crippen LogP contribution in [0.3, 0.4) is 0 Å². The normalized spacial score (nSPS) is 10.9. The fourth-order valence-electron chi connectivity index (χ4n) is 2.56. The number of hydrogen-bond donors (Lipinski definition) is 1. The molecular formula is C17H24N2. The first-order chi connectivity index (χ1) is 9.30. The highest BCUT2D eigenvalue weighted by molar-refractivity contribution is 5.84. The van der Waals surface area contributed by atoms with E-state index in [2.05, 4.69) is 50.4 Å². The Morgan fingerprint density at radius 2 is 1.74 bits per heavy atom. The number of fused-ring (bicyclic) bond motifs is 1. The van der Waals surface area contributed by atoms with E-state index in [1.54, 1.807) is 0 Å². The molecule has 0 aliphatic rings. The molecule has 1 N–H and O–H groups in total. The van der Waals surface area contributed by atoms with Crippen LogP contribution >= 0.6 is 0 Å². The molecule has 2 heteroatoms. The van der Waals surface area contributed by atoms with Gasteiger partial charge in [0.1, 0.15) is 5.82 Å². The van der Waals surface area contributed by atoms with Crippen molar-refractivity contribution in [1.29, 1.82) is 0 Å². The predicted octanol–water partition coefficient (Wildman–Crippen LogP) is 4.57. The molecule has 0 radical (unpaired) electrons. The van der Waals surface area contributed by atoms with Crippen molar-refractivity contribution < 1.29 is 0 Å². The first-order valence-corrected chi connectivity index (χ1v) is 7.45. The van der Waals surface area contributed by atoms with Crippen LogP contribution in [-0.4, -0.2) is 11.5 Å². The summed E-state index contributed by atoms with van der Waals surface area (Å²) in [6.07, 6.45) is 4.50. The molecule has 0 aliphatic carbocycles. The van der Waals surface area contributed by atoms with Crippen LogP contribution in [-0.2, 0) is 12.8 Å². The third-order valence-corrected chi connectivity index (χ3v) is 3.39. The van der Waals surface area contributed by atoms with Crippen LogP contribution in [0.1, 0.15) is 44.7 Å². The molecule has 1 aromatic heterocycles. The van der Waals surface area contributed by atoms with Crippen molar-refractivity contribution in [1.82, 2.24) is 4.98 Å². The number of nitrogens with one attached hydrogen (secondary N) is 1. The molecule has 1 heterocycles. The number of rotatable bonds is 6. The molecule has 0 saturated heterocycles. The van der Waals surface area contributed by atoms with Crippen LogP contribution in [0.2, 0.25) is 0 Å². The number of aromatic nitrogens is 1. The van der Waals surface area contributed by atoms with Gasteiger partial charge in [0.25, 0.3) is 0 Å². The van der Waals surface area contributed by atoms with Crippen molar-refractivity contribution in [3.05, 3.63) is 35.4 Å². The molecule has 0 fully saturated rings. The highest BCUT2D eigenvalue weighted by Gasteiger charge is 2.08. The summed E-state index contributed by atoms with van der Waals surface area (Å²) in [6.45, 7) is 7.48. The van der Waals surface area contributed by atoms with Gasteiger partial charge in [0.2, 0.25) is 0 Å². The maximum atomic E-state index is 4.89. The first-order valence-electron chi connectivity index (χ1n) is 7.45. The highest BCUT2D eigenvalue weighted by Crippen LogP contribution is 2.25. The Balaban J connectivity index is 2.55. The summed E-state index contributed by atoms with van der Waals surface area (Å²) >= 11 is 0. The number of anilines is 1. The molecule has 0 amide bonds. The summed E-state index contributed by atoms with van der Waals surface area (Å²) in [6, 6.07) is 8.84. The van der Waals surface area contributed by atoms with Crippen molar-refractivity contribution in [2.24, 2.45) is 0 Å². The van der Waals surface area contributed by atoms with Gasteiger partial charge in [-0.1, -0.05) is 44.9 Å². The SMILES string of the molecule is CCCc1cc2cccc(CCC)c2nc1NCC. The minimum atomic E-state index is 0.922. The average molecular weight is 256 g/mol. The maximum Gasteiger partial charge on any atom is 0.129 e. The molecule has 1 aromatic carbocycles. The molecular weight excluding hydrogens is 232 g/mol. The highest BCUT2D eigenvalue weighted by atomic mass is 15.0. The van der Waals surface area contributed by atoms with E-state index in [0.717, 1.165) is 38.0 Å². The van der Waals surface area contributed by atoms with Gasteiger partial charge in [-0.25, -0.2) is 4.98 Å². The number of benzene rings is 1. The maximum absolute atomic E-state index is 4.89. The van der Waals surface area contributed by atoms with E-state index < -0.39 is 0 Å². The molecule has 2 aromatic rings. The van der Waals surface area contributed by atoms with Gasteiger partial charge in [-0.2, -0.15) is 0 Å². The summed E-state index contributed by atoms with van der Waals surface area (Å²) in [4.78, 5) is 4.89. The number of aryl methyl sites for hydroxylation is 2. The molecule has 102 valence electrons. The number of pyridine rings is 1.